The zero-order valence-corrected chi connectivity index (χ0v) is 16.6. The smallest absolute Gasteiger partial charge is 0.195 e. The van der Waals surface area contributed by atoms with E-state index in [1.54, 1.807) is 0 Å². The Labute approximate surface area is 162 Å². The molecule has 1 heterocycles. The van der Waals surface area contributed by atoms with Gasteiger partial charge in [-0.1, -0.05) is 54.6 Å². The zero-order chi connectivity index (χ0) is 18.5. The lowest BCUT2D eigenvalue weighted by atomic mass is 10.3. The van der Waals surface area contributed by atoms with Crippen LogP contribution in [0.4, 0.5) is 0 Å². The molecule has 1 atom stereocenters. The summed E-state index contributed by atoms with van der Waals surface area (Å²) in [6.07, 6.45) is 0.782. The predicted octanol–water partition coefficient (Wildman–Crippen LogP) is 4.13. The first-order chi connectivity index (χ1) is 13.3. The number of ether oxygens (including phenoxy) is 2. The van der Waals surface area contributed by atoms with Crippen LogP contribution in [0.3, 0.4) is 0 Å². The maximum Gasteiger partial charge on any atom is 0.195 e. The van der Waals surface area contributed by atoms with E-state index in [4.69, 9.17) is 9.47 Å². The molecule has 1 aliphatic rings. The van der Waals surface area contributed by atoms with E-state index in [1.165, 1.54) is 15.9 Å². The van der Waals surface area contributed by atoms with Crippen molar-refractivity contribution >= 4 is 23.2 Å². The van der Waals surface area contributed by atoms with Gasteiger partial charge in [0.2, 0.25) is 0 Å². The Bertz CT molecular complexity index is 733. The maximum atomic E-state index is 6.12. The summed E-state index contributed by atoms with van der Waals surface area (Å²) in [6.45, 7) is 3.84. The van der Waals surface area contributed by atoms with Gasteiger partial charge in [0.05, 0.1) is 13.2 Å². The molecule has 0 radical (unpaired) electrons. The molecule has 2 nitrogen and oxygen atoms in total. The molecular weight excluding hydrogens is 351 g/mol. The molecule has 0 saturated carbocycles. The van der Waals surface area contributed by atoms with E-state index in [2.05, 4.69) is 97.9 Å². The van der Waals surface area contributed by atoms with Gasteiger partial charge < -0.3 is 9.47 Å². The summed E-state index contributed by atoms with van der Waals surface area (Å²) in [5, 5.41) is 4.10. The Morgan fingerprint density at radius 3 is 1.41 bits per heavy atom. The molecule has 1 unspecified atom stereocenters. The van der Waals surface area contributed by atoms with Crippen molar-refractivity contribution in [3.05, 3.63) is 91.0 Å². The summed E-state index contributed by atoms with van der Waals surface area (Å²) in [6, 6.07) is 32.8. The van der Waals surface area contributed by atoms with E-state index in [1.807, 2.05) is 0 Å². The molecule has 1 aliphatic heterocycles. The SMILES string of the molecule is CC(C1OCCCO1)[P+](c1ccccc1)(c1ccccc1)c1ccccc1. The molecule has 27 heavy (non-hydrogen) atoms. The number of rotatable bonds is 5. The largest absolute Gasteiger partial charge is 0.349 e. The van der Waals surface area contributed by atoms with Crippen molar-refractivity contribution in [2.75, 3.05) is 13.2 Å². The van der Waals surface area contributed by atoms with Crippen molar-refractivity contribution in [1.29, 1.82) is 0 Å². The third-order valence-electron chi connectivity index (χ3n) is 5.35. The minimum absolute atomic E-state index is 0.187. The first-order valence-electron chi connectivity index (χ1n) is 9.62. The molecule has 1 fully saturated rings. The molecular formula is C24H26O2P+. The van der Waals surface area contributed by atoms with Crippen LogP contribution in [0.1, 0.15) is 13.3 Å². The van der Waals surface area contributed by atoms with Gasteiger partial charge in [0.15, 0.2) is 6.29 Å². The van der Waals surface area contributed by atoms with Crippen molar-refractivity contribution in [2.45, 2.75) is 25.3 Å². The molecule has 138 valence electrons. The summed E-state index contributed by atoms with van der Waals surface area (Å²) in [5.74, 6) is 0. The lowest BCUT2D eigenvalue weighted by Gasteiger charge is -2.37. The average molecular weight is 377 g/mol. The Balaban J connectivity index is 1.97. The first-order valence-corrected chi connectivity index (χ1v) is 11.5. The lowest BCUT2D eigenvalue weighted by molar-refractivity contribution is -0.176. The third-order valence-corrected chi connectivity index (χ3v) is 10.2. The van der Waals surface area contributed by atoms with Gasteiger partial charge in [0, 0.05) is 0 Å². The quantitative estimate of drug-likeness (QED) is 0.623. The summed E-state index contributed by atoms with van der Waals surface area (Å²) in [4.78, 5) is 0. The molecule has 0 bridgehead atoms. The molecule has 0 N–H and O–H groups in total. The molecule has 0 spiro atoms. The summed E-state index contributed by atoms with van der Waals surface area (Å²) < 4.78 is 12.2. The van der Waals surface area contributed by atoms with E-state index in [0.29, 0.717) is 0 Å². The Morgan fingerprint density at radius 2 is 1.04 bits per heavy atom. The average Bonchev–Trinajstić information content (AvgIpc) is 2.77. The highest BCUT2D eigenvalue weighted by molar-refractivity contribution is 7.96. The van der Waals surface area contributed by atoms with E-state index >= 15 is 0 Å². The highest BCUT2D eigenvalue weighted by atomic mass is 31.2. The fraction of sp³-hybridized carbons (Fsp3) is 0.250. The zero-order valence-electron chi connectivity index (χ0n) is 15.7. The van der Waals surface area contributed by atoms with Gasteiger partial charge in [-0.2, -0.15) is 0 Å². The predicted molar refractivity (Wildman–Crippen MR) is 115 cm³/mol. The Hall–Kier alpha value is -1.99. The highest BCUT2D eigenvalue weighted by Gasteiger charge is 2.54. The minimum atomic E-state index is -1.96. The van der Waals surface area contributed by atoms with Crippen LogP contribution < -0.4 is 15.9 Å². The summed E-state index contributed by atoms with van der Waals surface area (Å²) in [7, 11) is -1.96. The minimum Gasteiger partial charge on any atom is -0.349 e. The monoisotopic (exact) mass is 377 g/mol. The van der Waals surface area contributed by atoms with Crippen LogP contribution >= 0.6 is 7.26 Å². The van der Waals surface area contributed by atoms with E-state index < -0.39 is 7.26 Å². The van der Waals surface area contributed by atoms with Crippen LogP contribution in [-0.4, -0.2) is 25.2 Å². The third kappa shape index (κ3) is 3.46. The van der Waals surface area contributed by atoms with Crippen molar-refractivity contribution < 1.29 is 9.47 Å². The second-order valence-electron chi connectivity index (χ2n) is 6.93. The topological polar surface area (TPSA) is 18.5 Å². The normalized spacial score (nSPS) is 16.8. The van der Waals surface area contributed by atoms with E-state index in [9.17, 15) is 0 Å². The molecule has 1 saturated heterocycles. The number of benzene rings is 3. The molecule has 3 aromatic rings. The van der Waals surface area contributed by atoms with Gasteiger partial charge >= 0.3 is 0 Å². The molecule has 0 aliphatic carbocycles. The molecule has 0 aromatic heterocycles. The second-order valence-corrected chi connectivity index (χ2v) is 10.7. The Morgan fingerprint density at radius 1 is 0.667 bits per heavy atom. The summed E-state index contributed by atoms with van der Waals surface area (Å²) >= 11 is 0. The number of hydrogen-bond acceptors (Lipinski definition) is 2. The summed E-state index contributed by atoms with van der Waals surface area (Å²) in [5.41, 5.74) is 0.213. The van der Waals surface area contributed by atoms with Crippen LogP contribution in [0.5, 0.6) is 0 Å². The fourth-order valence-corrected chi connectivity index (χ4v) is 8.88. The lowest BCUT2D eigenvalue weighted by Crippen LogP contribution is -2.45. The first kappa shape index (κ1) is 18.4. The van der Waals surface area contributed by atoms with Crippen molar-refractivity contribution in [2.24, 2.45) is 0 Å². The van der Waals surface area contributed by atoms with E-state index in [0.717, 1.165) is 19.6 Å². The fourth-order valence-electron chi connectivity index (χ4n) is 4.11. The second kappa shape index (κ2) is 8.35. The van der Waals surface area contributed by atoms with E-state index in [-0.39, 0.29) is 11.9 Å². The van der Waals surface area contributed by atoms with Crippen LogP contribution in [0.2, 0.25) is 0 Å². The van der Waals surface area contributed by atoms with Crippen molar-refractivity contribution in [3.63, 3.8) is 0 Å². The highest BCUT2D eigenvalue weighted by Crippen LogP contribution is 2.61. The molecule has 3 heteroatoms. The van der Waals surface area contributed by atoms with Crippen molar-refractivity contribution in [3.8, 4) is 0 Å². The van der Waals surface area contributed by atoms with Gasteiger partial charge in [0.1, 0.15) is 28.8 Å². The van der Waals surface area contributed by atoms with Crippen molar-refractivity contribution in [1.82, 2.24) is 0 Å². The molecule has 3 aromatic carbocycles. The van der Waals surface area contributed by atoms with Gasteiger partial charge in [-0.25, -0.2) is 0 Å². The van der Waals surface area contributed by atoms with Crippen LogP contribution in [0.15, 0.2) is 91.0 Å². The van der Waals surface area contributed by atoms with Gasteiger partial charge in [-0.05, 0) is 49.7 Å². The van der Waals surface area contributed by atoms with Gasteiger partial charge in [-0.3, -0.25) is 0 Å². The van der Waals surface area contributed by atoms with Crippen LogP contribution in [0, 0.1) is 0 Å². The molecule has 4 rings (SSSR count). The van der Waals surface area contributed by atoms with Crippen LogP contribution in [-0.2, 0) is 9.47 Å². The van der Waals surface area contributed by atoms with Crippen LogP contribution in [0.25, 0.3) is 0 Å². The van der Waals surface area contributed by atoms with Gasteiger partial charge in [-0.15, -0.1) is 0 Å². The number of hydrogen-bond donors (Lipinski definition) is 0. The molecule has 0 amide bonds. The standard InChI is InChI=1S/C24H26O2P/c1-20(24-25-18-11-19-26-24)27(21-12-5-2-6-13-21,22-14-7-3-8-15-22)23-16-9-4-10-17-23/h2-10,12-17,20,24H,11,18-19H2,1H3/q+1. The Kier molecular flexibility index (Phi) is 5.69. The maximum absolute atomic E-state index is 6.12. The van der Waals surface area contributed by atoms with Gasteiger partial charge in [0.25, 0.3) is 0 Å².